The third kappa shape index (κ3) is 3.78. The minimum Gasteiger partial charge on any atom is -0.478 e. The van der Waals surface area contributed by atoms with E-state index in [4.69, 9.17) is 5.11 Å². The Balaban J connectivity index is 2.15. The van der Waals surface area contributed by atoms with Gasteiger partial charge < -0.3 is 10.0 Å². The lowest BCUT2D eigenvalue weighted by Crippen LogP contribution is -2.33. The van der Waals surface area contributed by atoms with Gasteiger partial charge >= 0.3 is 5.97 Å². The maximum Gasteiger partial charge on any atom is 0.328 e. The maximum atomic E-state index is 14.7. The number of hydrogen-bond donors (Lipinski definition) is 1. The number of fused-ring (bicyclic) bond motifs is 1. The van der Waals surface area contributed by atoms with Crippen molar-refractivity contribution in [3.63, 3.8) is 0 Å². The van der Waals surface area contributed by atoms with E-state index in [2.05, 4.69) is 15.9 Å². The Morgan fingerprint density at radius 1 is 1.22 bits per heavy atom. The van der Waals surface area contributed by atoms with Crippen molar-refractivity contribution in [2.24, 2.45) is 0 Å². The number of amides is 1. The van der Waals surface area contributed by atoms with Gasteiger partial charge in [0.05, 0.1) is 5.69 Å². The molecular formula is C20H16BrF2NO3. The van der Waals surface area contributed by atoms with Crippen molar-refractivity contribution < 1.29 is 23.5 Å². The lowest BCUT2D eigenvalue weighted by atomic mass is 9.97. The summed E-state index contributed by atoms with van der Waals surface area (Å²) >= 11 is 3.34. The number of alkyl halides is 2. The summed E-state index contributed by atoms with van der Waals surface area (Å²) in [7, 11) is 0. The van der Waals surface area contributed by atoms with E-state index in [1.165, 1.54) is 11.0 Å². The third-order valence-electron chi connectivity index (χ3n) is 4.46. The zero-order chi connectivity index (χ0) is 19.8. The molecule has 1 aliphatic heterocycles. The predicted octanol–water partition coefficient (Wildman–Crippen LogP) is 4.91. The molecule has 1 heterocycles. The fourth-order valence-corrected chi connectivity index (χ4v) is 3.65. The van der Waals surface area contributed by atoms with Crippen LogP contribution in [0.1, 0.15) is 27.9 Å². The summed E-state index contributed by atoms with van der Waals surface area (Å²) < 4.78 is 30.1. The average molecular weight is 436 g/mol. The fourth-order valence-electron chi connectivity index (χ4n) is 3.17. The number of halogens is 3. The van der Waals surface area contributed by atoms with Crippen LogP contribution in [0.5, 0.6) is 0 Å². The number of carboxylic acids is 1. The monoisotopic (exact) mass is 435 g/mol. The number of carbonyl (C=O) groups excluding carboxylic acids is 1. The van der Waals surface area contributed by atoms with Gasteiger partial charge in [0.1, 0.15) is 0 Å². The summed E-state index contributed by atoms with van der Waals surface area (Å²) in [6.07, 6.45) is -0.139. The summed E-state index contributed by atoms with van der Waals surface area (Å²) in [5.74, 6) is -5.22. The summed E-state index contributed by atoms with van der Waals surface area (Å²) in [6, 6.07) is 11.3. The molecule has 0 saturated heterocycles. The number of allylic oxidation sites excluding steroid dienone is 1. The number of nitrogens with zero attached hydrogens (tertiary/aromatic N) is 1. The Morgan fingerprint density at radius 2 is 1.93 bits per heavy atom. The van der Waals surface area contributed by atoms with Gasteiger partial charge in [0.25, 0.3) is 11.8 Å². The standard InChI is InChI=1S/C20H16BrF2NO3/c1-12-10-13(21)6-7-14(12)19(27)24-9-8-20(22,23)16(11-18(25)26)15-4-2-3-5-17(15)24/h2-7,10-11H,8-9H2,1H3,(H,25,26)/b16-11-. The van der Waals surface area contributed by atoms with Gasteiger partial charge in [0, 0.05) is 40.2 Å². The predicted molar refractivity (Wildman–Crippen MR) is 102 cm³/mol. The second-order valence-corrected chi connectivity index (χ2v) is 7.20. The number of aliphatic carboxylic acids is 1. The van der Waals surface area contributed by atoms with Crippen molar-refractivity contribution in [1.82, 2.24) is 0 Å². The number of benzene rings is 2. The molecule has 0 bridgehead atoms. The fraction of sp³-hybridized carbons (Fsp3) is 0.200. The molecule has 0 saturated carbocycles. The topological polar surface area (TPSA) is 57.6 Å². The number of para-hydroxylation sites is 1. The minimum atomic E-state index is -3.36. The van der Waals surface area contributed by atoms with Gasteiger partial charge in [-0.15, -0.1) is 0 Å². The van der Waals surface area contributed by atoms with Crippen LogP contribution < -0.4 is 4.90 Å². The molecule has 140 valence electrons. The summed E-state index contributed by atoms with van der Waals surface area (Å²) in [5.41, 5.74) is 0.847. The SMILES string of the molecule is Cc1cc(Br)ccc1C(=O)N1CCC(F)(F)/C(=C\C(=O)O)c2ccccc21. The van der Waals surface area contributed by atoms with Gasteiger partial charge in [0.15, 0.2) is 0 Å². The van der Waals surface area contributed by atoms with E-state index in [9.17, 15) is 18.4 Å². The molecule has 2 aromatic rings. The van der Waals surface area contributed by atoms with Crippen LogP contribution in [0.4, 0.5) is 14.5 Å². The highest BCUT2D eigenvalue weighted by Gasteiger charge is 2.41. The Labute approximate surface area is 163 Å². The molecule has 0 fully saturated rings. The zero-order valence-electron chi connectivity index (χ0n) is 14.4. The molecule has 0 unspecified atom stereocenters. The summed E-state index contributed by atoms with van der Waals surface area (Å²) in [5, 5.41) is 9.04. The first kappa shape index (κ1) is 19.2. The lowest BCUT2D eigenvalue weighted by Gasteiger charge is -2.23. The Bertz CT molecular complexity index is 956. The van der Waals surface area contributed by atoms with E-state index >= 15 is 0 Å². The van der Waals surface area contributed by atoms with Crippen LogP contribution in [0.15, 0.2) is 53.0 Å². The second-order valence-electron chi connectivity index (χ2n) is 6.28. The molecule has 1 aliphatic rings. The first-order valence-corrected chi connectivity index (χ1v) is 9.00. The van der Waals surface area contributed by atoms with Crippen LogP contribution in [0.3, 0.4) is 0 Å². The van der Waals surface area contributed by atoms with Crippen LogP contribution in [0.25, 0.3) is 5.57 Å². The minimum absolute atomic E-state index is 0.0468. The van der Waals surface area contributed by atoms with Crippen molar-refractivity contribution in [3.05, 3.63) is 69.7 Å². The lowest BCUT2D eigenvalue weighted by molar-refractivity contribution is -0.131. The van der Waals surface area contributed by atoms with Gasteiger partial charge in [-0.1, -0.05) is 34.1 Å². The number of rotatable bonds is 2. The van der Waals surface area contributed by atoms with Crippen molar-refractivity contribution in [3.8, 4) is 0 Å². The number of hydrogen-bond acceptors (Lipinski definition) is 2. The molecule has 1 amide bonds. The molecule has 4 nitrogen and oxygen atoms in total. The van der Waals surface area contributed by atoms with Crippen molar-refractivity contribution in [2.75, 3.05) is 11.4 Å². The van der Waals surface area contributed by atoms with Crippen molar-refractivity contribution in [2.45, 2.75) is 19.3 Å². The van der Waals surface area contributed by atoms with E-state index < -0.39 is 29.8 Å². The molecular weight excluding hydrogens is 420 g/mol. The zero-order valence-corrected chi connectivity index (χ0v) is 16.0. The van der Waals surface area contributed by atoms with E-state index in [0.29, 0.717) is 17.2 Å². The molecule has 0 aliphatic carbocycles. The van der Waals surface area contributed by atoms with Crippen LogP contribution in [0.2, 0.25) is 0 Å². The molecule has 0 radical (unpaired) electrons. The van der Waals surface area contributed by atoms with E-state index in [1.807, 2.05) is 0 Å². The van der Waals surface area contributed by atoms with Crippen LogP contribution in [0, 0.1) is 6.92 Å². The number of aryl methyl sites for hydroxylation is 1. The molecule has 7 heteroatoms. The second kappa shape index (κ2) is 7.23. The maximum absolute atomic E-state index is 14.7. The Morgan fingerprint density at radius 3 is 2.59 bits per heavy atom. The third-order valence-corrected chi connectivity index (χ3v) is 4.95. The first-order valence-electron chi connectivity index (χ1n) is 8.21. The van der Waals surface area contributed by atoms with Gasteiger partial charge in [-0.25, -0.2) is 13.6 Å². The molecule has 27 heavy (non-hydrogen) atoms. The van der Waals surface area contributed by atoms with Crippen LogP contribution in [-0.4, -0.2) is 29.5 Å². The molecule has 0 atom stereocenters. The molecule has 0 spiro atoms. The van der Waals surface area contributed by atoms with Gasteiger partial charge in [-0.05, 0) is 36.8 Å². The number of anilines is 1. The number of carbonyl (C=O) groups is 2. The summed E-state index contributed by atoms with van der Waals surface area (Å²) in [6.45, 7) is 1.54. The van der Waals surface area contributed by atoms with Crippen LogP contribution in [-0.2, 0) is 4.79 Å². The molecule has 0 aromatic heterocycles. The Kier molecular flexibility index (Phi) is 5.15. The highest BCUT2D eigenvalue weighted by molar-refractivity contribution is 9.10. The molecule has 2 aromatic carbocycles. The number of carboxylic acid groups (broad SMARTS) is 1. The Hall–Kier alpha value is -2.54. The molecule has 1 N–H and O–H groups in total. The van der Waals surface area contributed by atoms with Gasteiger partial charge in [0.2, 0.25) is 0 Å². The first-order chi connectivity index (χ1) is 12.7. The smallest absolute Gasteiger partial charge is 0.328 e. The highest BCUT2D eigenvalue weighted by Crippen LogP contribution is 2.43. The van der Waals surface area contributed by atoms with Gasteiger partial charge in [-0.2, -0.15) is 0 Å². The normalized spacial score (nSPS) is 17.3. The van der Waals surface area contributed by atoms with E-state index in [-0.39, 0.29) is 17.8 Å². The summed E-state index contributed by atoms with van der Waals surface area (Å²) in [4.78, 5) is 25.5. The van der Waals surface area contributed by atoms with E-state index in [0.717, 1.165) is 4.47 Å². The van der Waals surface area contributed by atoms with Gasteiger partial charge in [-0.3, -0.25) is 4.79 Å². The quantitative estimate of drug-likeness (QED) is 0.681. The largest absolute Gasteiger partial charge is 0.478 e. The van der Waals surface area contributed by atoms with Crippen molar-refractivity contribution in [1.29, 1.82) is 0 Å². The van der Waals surface area contributed by atoms with Crippen molar-refractivity contribution >= 4 is 39.1 Å². The van der Waals surface area contributed by atoms with E-state index in [1.54, 1.807) is 43.3 Å². The van der Waals surface area contributed by atoms with Crippen LogP contribution >= 0.6 is 15.9 Å². The highest BCUT2D eigenvalue weighted by atomic mass is 79.9. The average Bonchev–Trinajstić information content (AvgIpc) is 2.69. The molecule has 3 rings (SSSR count).